The summed E-state index contributed by atoms with van der Waals surface area (Å²) in [5, 5.41) is 9.78. The summed E-state index contributed by atoms with van der Waals surface area (Å²) in [6, 6.07) is 8.08. The quantitative estimate of drug-likeness (QED) is 0.335. The number of anilines is 1. The maximum Gasteiger partial charge on any atom is 0.225 e. The number of fused-ring (bicyclic) bond motifs is 1. The lowest BCUT2D eigenvalue weighted by atomic mass is 9.80. The van der Waals surface area contributed by atoms with Gasteiger partial charge in [0.1, 0.15) is 0 Å². The van der Waals surface area contributed by atoms with Crippen molar-refractivity contribution in [1.29, 1.82) is 0 Å². The van der Waals surface area contributed by atoms with E-state index in [4.69, 9.17) is 4.99 Å². The van der Waals surface area contributed by atoms with E-state index >= 15 is 0 Å². The molecule has 1 aromatic rings. The molecule has 1 fully saturated rings. The Hall–Kier alpha value is -1.31. The molecule has 0 spiro atoms. The van der Waals surface area contributed by atoms with Gasteiger partial charge in [-0.15, -0.1) is 24.0 Å². The number of aliphatic imine (C=N–C) groups is 1. The first-order valence-electron chi connectivity index (χ1n) is 10.1. The average molecular weight is 484 g/mol. The molecular formula is C21H33IN4O. The van der Waals surface area contributed by atoms with Gasteiger partial charge in [0.15, 0.2) is 5.96 Å². The van der Waals surface area contributed by atoms with Crippen molar-refractivity contribution in [3.05, 3.63) is 29.8 Å². The van der Waals surface area contributed by atoms with Gasteiger partial charge in [-0.1, -0.05) is 44.4 Å². The third kappa shape index (κ3) is 6.09. The van der Waals surface area contributed by atoms with Crippen LogP contribution in [0.15, 0.2) is 29.3 Å². The molecule has 1 aliphatic carbocycles. The van der Waals surface area contributed by atoms with Crippen molar-refractivity contribution in [2.45, 2.75) is 51.9 Å². The number of hydrogen-bond donors (Lipinski definition) is 3. The minimum Gasteiger partial charge on any atom is -0.357 e. The molecule has 27 heavy (non-hydrogen) atoms. The largest absolute Gasteiger partial charge is 0.357 e. The Labute approximate surface area is 180 Å². The van der Waals surface area contributed by atoms with Gasteiger partial charge in [0.2, 0.25) is 5.91 Å². The molecule has 3 unspecified atom stereocenters. The summed E-state index contributed by atoms with van der Waals surface area (Å²) in [5.41, 5.74) is 2.14. The highest BCUT2D eigenvalue weighted by Gasteiger charge is 2.25. The summed E-state index contributed by atoms with van der Waals surface area (Å²) in [5.74, 6) is 2.60. The van der Waals surface area contributed by atoms with Crippen molar-refractivity contribution in [2.75, 3.05) is 25.0 Å². The summed E-state index contributed by atoms with van der Waals surface area (Å²) in [4.78, 5) is 16.8. The number of halogens is 1. The highest BCUT2D eigenvalue weighted by Crippen LogP contribution is 2.31. The second kappa shape index (κ2) is 10.9. The van der Waals surface area contributed by atoms with Crippen molar-refractivity contribution in [3.8, 4) is 0 Å². The van der Waals surface area contributed by atoms with Gasteiger partial charge in [0.25, 0.3) is 0 Å². The molecule has 5 nitrogen and oxygen atoms in total. The minimum atomic E-state index is 0. The Morgan fingerprint density at radius 1 is 1.22 bits per heavy atom. The average Bonchev–Trinajstić information content (AvgIpc) is 2.64. The number of rotatable bonds is 5. The molecule has 1 heterocycles. The van der Waals surface area contributed by atoms with E-state index in [9.17, 15) is 4.79 Å². The molecule has 150 valence electrons. The van der Waals surface area contributed by atoms with Crippen LogP contribution in [0.3, 0.4) is 0 Å². The summed E-state index contributed by atoms with van der Waals surface area (Å²) < 4.78 is 0. The zero-order chi connectivity index (χ0) is 18.4. The number of nitrogens with one attached hydrogen (secondary N) is 3. The van der Waals surface area contributed by atoms with Gasteiger partial charge in [-0.25, -0.2) is 0 Å². The molecule has 1 amide bonds. The zero-order valence-corrected chi connectivity index (χ0v) is 18.8. The maximum atomic E-state index is 12.0. The predicted octanol–water partition coefficient (Wildman–Crippen LogP) is 4.11. The highest BCUT2D eigenvalue weighted by molar-refractivity contribution is 14.0. The van der Waals surface area contributed by atoms with Crippen LogP contribution in [0.5, 0.6) is 0 Å². The molecule has 0 saturated heterocycles. The van der Waals surface area contributed by atoms with Gasteiger partial charge in [0, 0.05) is 37.7 Å². The Balaban J connectivity index is 0.00000261. The van der Waals surface area contributed by atoms with E-state index in [1.54, 1.807) is 0 Å². The summed E-state index contributed by atoms with van der Waals surface area (Å²) in [6.45, 7) is 6.89. The SMILES string of the molecule is CCNC(=NCC1CCCCC1C)NCC1CC(=O)Nc2ccccc21.I. The number of carbonyl (C=O) groups excluding carboxylic acids is 1. The second-order valence-corrected chi connectivity index (χ2v) is 7.66. The molecule has 1 saturated carbocycles. The van der Waals surface area contributed by atoms with Crippen molar-refractivity contribution in [1.82, 2.24) is 10.6 Å². The van der Waals surface area contributed by atoms with E-state index in [2.05, 4.69) is 35.9 Å². The highest BCUT2D eigenvalue weighted by atomic mass is 127. The van der Waals surface area contributed by atoms with Crippen molar-refractivity contribution in [3.63, 3.8) is 0 Å². The number of hydrogen-bond acceptors (Lipinski definition) is 2. The molecule has 0 radical (unpaired) electrons. The topological polar surface area (TPSA) is 65.5 Å². The first-order valence-corrected chi connectivity index (χ1v) is 10.1. The molecule has 3 N–H and O–H groups in total. The van der Waals surface area contributed by atoms with E-state index in [0.29, 0.717) is 12.3 Å². The van der Waals surface area contributed by atoms with Gasteiger partial charge < -0.3 is 16.0 Å². The first kappa shape index (κ1) is 22.0. The standard InChI is InChI=1S/C21H32N4O.HI/c1-3-22-21(23-13-16-9-5-4-8-15(16)2)24-14-17-12-20(26)25-19-11-7-6-10-18(17)19;/h6-7,10-11,15-17H,3-5,8-9,12-14H2,1-2H3,(H,25,26)(H2,22,23,24);1H. The van der Waals surface area contributed by atoms with E-state index < -0.39 is 0 Å². The molecule has 6 heteroatoms. The number of amides is 1. The second-order valence-electron chi connectivity index (χ2n) is 7.66. The van der Waals surface area contributed by atoms with Gasteiger partial charge in [-0.3, -0.25) is 9.79 Å². The Kier molecular flexibility index (Phi) is 8.86. The lowest BCUT2D eigenvalue weighted by molar-refractivity contribution is -0.116. The third-order valence-electron chi connectivity index (χ3n) is 5.74. The van der Waals surface area contributed by atoms with E-state index in [1.807, 2.05) is 18.2 Å². The molecule has 3 rings (SSSR count). The molecule has 0 aromatic heterocycles. The summed E-state index contributed by atoms with van der Waals surface area (Å²) in [6.07, 6.45) is 5.84. The van der Waals surface area contributed by atoms with Crippen LogP contribution in [0.1, 0.15) is 57.4 Å². The number of guanidine groups is 1. The number of nitrogens with zero attached hydrogens (tertiary/aromatic N) is 1. The Morgan fingerprint density at radius 2 is 2.00 bits per heavy atom. The molecule has 3 atom stereocenters. The van der Waals surface area contributed by atoms with Crippen LogP contribution in [0.2, 0.25) is 0 Å². The van der Waals surface area contributed by atoms with Crippen LogP contribution < -0.4 is 16.0 Å². The van der Waals surface area contributed by atoms with Crippen LogP contribution in [0, 0.1) is 11.8 Å². The normalized spacial score (nSPS) is 25.0. The fourth-order valence-corrected chi connectivity index (χ4v) is 4.12. The molecule has 1 aliphatic heterocycles. The predicted molar refractivity (Wildman–Crippen MR) is 123 cm³/mol. The molecule has 1 aromatic carbocycles. The monoisotopic (exact) mass is 484 g/mol. The van der Waals surface area contributed by atoms with Crippen molar-refractivity contribution < 1.29 is 4.79 Å². The fourth-order valence-electron chi connectivity index (χ4n) is 4.12. The van der Waals surface area contributed by atoms with E-state index in [1.165, 1.54) is 31.2 Å². The molecule has 0 bridgehead atoms. The van der Waals surface area contributed by atoms with Gasteiger partial charge >= 0.3 is 0 Å². The summed E-state index contributed by atoms with van der Waals surface area (Å²) >= 11 is 0. The van der Waals surface area contributed by atoms with Crippen molar-refractivity contribution in [2.24, 2.45) is 16.8 Å². The molecule has 2 aliphatic rings. The molecular weight excluding hydrogens is 451 g/mol. The first-order chi connectivity index (χ1) is 12.7. The van der Waals surface area contributed by atoms with Crippen LogP contribution >= 0.6 is 24.0 Å². The Morgan fingerprint density at radius 3 is 2.78 bits per heavy atom. The fraction of sp³-hybridized carbons (Fsp3) is 0.619. The number of para-hydroxylation sites is 1. The van der Waals surface area contributed by atoms with Gasteiger partial charge in [-0.05, 0) is 36.8 Å². The van der Waals surface area contributed by atoms with Crippen LogP contribution in [0.25, 0.3) is 0 Å². The van der Waals surface area contributed by atoms with Crippen LogP contribution in [0.4, 0.5) is 5.69 Å². The Bertz CT molecular complexity index is 649. The van der Waals surface area contributed by atoms with E-state index in [-0.39, 0.29) is 35.8 Å². The van der Waals surface area contributed by atoms with E-state index in [0.717, 1.165) is 37.2 Å². The van der Waals surface area contributed by atoms with Crippen molar-refractivity contribution >= 4 is 41.5 Å². The number of benzene rings is 1. The van der Waals surface area contributed by atoms with Crippen LogP contribution in [-0.2, 0) is 4.79 Å². The third-order valence-corrected chi connectivity index (χ3v) is 5.74. The lowest BCUT2D eigenvalue weighted by Crippen LogP contribution is -2.41. The smallest absolute Gasteiger partial charge is 0.225 e. The number of carbonyl (C=O) groups is 1. The maximum absolute atomic E-state index is 12.0. The lowest BCUT2D eigenvalue weighted by Gasteiger charge is -2.28. The van der Waals surface area contributed by atoms with Crippen LogP contribution in [-0.4, -0.2) is 31.5 Å². The van der Waals surface area contributed by atoms with Gasteiger partial charge in [-0.2, -0.15) is 0 Å². The zero-order valence-electron chi connectivity index (χ0n) is 16.5. The van der Waals surface area contributed by atoms with Gasteiger partial charge in [0.05, 0.1) is 0 Å². The minimum absolute atomic E-state index is 0. The summed E-state index contributed by atoms with van der Waals surface area (Å²) in [7, 11) is 0.